The molecule has 2 atom stereocenters. The Labute approximate surface area is 435 Å². The van der Waals surface area contributed by atoms with Gasteiger partial charge in [0.1, 0.15) is 75.2 Å². The third-order valence-corrected chi connectivity index (χ3v) is 12.6. The number of ether oxygens (including phenoxy) is 6. The number of aliphatic imine (C=N–C) groups is 1. The first-order valence-corrected chi connectivity index (χ1v) is 24.2. The number of pyridine rings is 2. The summed E-state index contributed by atoms with van der Waals surface area (Å²) in [5, 5.41) is 34.1. The summed E-state index contributed by atoms with van der Waals surface area (Å²) in [6.07, 6.45) is 10.2. The number of carboxylic acid groups (broad SMARTS) is 2. The number of benzene rings is 4. The van der Waals surface area contributed by atoms with Gasteiger partial charge in [-0.3, -0.25) is 29.9 Å². The summed E-state index contributed by atoms with van der Waals surface area (Å²) in [5.74, 6) is -0.315. The number of carboxylic acids is 2. The number of hydrogen-bond acceptors (Lipinski definition) is 13. The lowest BCUT2D eigenvalue weighted by Crippen LogP contribution is -2.37. The quantitative estimate of drug-likeness (QED) is 0.0219. The van der Waals surface area contributed by atoms with Crippen LogP contribution in [0.25, 0.3) is 11.1 Å². The van der Waals surface area contributed by atoms with E-state index >= 15 is 0 Å². The van der Waals surface area contributed by atoms with Gasteiger partial charge in [-0.25, -0.2) is 0 Å². The van der Waals surface area contributed by atoms with Gasteiger partial charge in [-0.1, -0.05) is 59.6 Å². The Morgan fingerprint density at radius 1 is 0.685 bits per heavy atom. The lowest BCUT2D eigenvalue weighted by molar-refractivity contribution is -0.141. The molecule has 0 saturated heterocycles. The molecule has 6 N–H and O–H groups in total. The number of halogens is 2. The van der Waals surface area contributed by atoms with Crippen LogP contribution < -0.4 is 29.6 Å². The number of aliphatic carboxylic acids is 2. The minimum absolute atomic E-state index is 0.128. The highest BCUT2D eigenvalue weighted by Crippen LogP contribution is 2.37. The van der Waals surface area contributed by atoms with Crippen molar-refractivity contribution in [3.63, 3.8) is 0 Å². The first-order chi connectivity index (χ1) is 35.3. The molecule has 0 aliphatic carbocycles. The fourth-order valence-corrected chi connectivity index (χ4v) is 8.35. The average Bonchev–Trinajstić information content (AvgIpc) is 3.38. The van der Waals surface area contributed by atoms with E-state index in [1.54, 1.807) is 75.5 Å². The van der Waals surface area contributed by atoms with Gasteiger partial charge in [0.15, 0.2) is 0 Å². The van der Waals surface area contributed by atoms with Gasteiger partial charge in [-0.2, -0.15) is 0 Å². The predicted octanol–water partition coefficient (Wildman–Crippen LogP) is 9.10. The number of aromatic nitrogens is 2. The third-order valence-electron chi connectivity index (χ3n) is 12.0. The Bertz CT molecular complexity index is 2880. The van der Waals surface area contributed by atoms with Gasteiger partial charge in [-0.05, 0) is 77.9 Å². The summed E-state index contributed by atoms with van der Waals surface area (Å²) < 4.78 is 34.7. The summed E-state index contributed by atoms with van der Waals surface area (Å²) in [6, 6.07) is 21.0. The number of nitrogens with zero attached hydrogens (tertiary/aromatic N) is 3. The van der Waals surface area contributed by atoms with E-state index in [1.807, 2.05) is 44.2 Å². The Morgan fingerprint density at radius 2 is 1.16 bits per heavy atom. The first kappa shape index (κ1) is 55.4. The largest absolute Gasteiger partial charge is 0.488 e. The number of nitrogens with one attached hydrogen (secondary N) is 3. The molecule has 2 heterocycles. The van der Waals surface area contributed by atoms with Crippen LogP contribution in [0.1, 0.15) is 68.5 Å². The normalized spacial score (nSPS) is 12.1. The van der Waals surface area contributed by atoms with E-state index in [0.717, 1.165) is 50.1 Å². The molecule has 6 aromatic rings. The van der Waals surface area contributed by atoms with E-state index in [9.17, 15) is 19.8 Å². The molecule has 384 valence electrons. The van der Waals surface area contributed by atoms with Crippen molar-refractivity contribution in [2.45, 2.75) is 78.3 Å². The van der Waals surface area contributed by atoms with E-state index in [0.29, 0.717) is 62.8 Å². The topological polar surface area (TPSA) is 220 Å². The highest BCUT2D eigenvalue weighted by Gasteiger charge is 2.22. The molecule has 4 aromatic carbocycles. The van der Waals surface area contributed by atoms with E-state index in [4.69, 9.17) is 52.3 Å². The third kappa shape index (κ3) is 15.8. The monoisotopic (exact) mass is 1040 g/mol. The molecule has 0 aliphatic heterocycles. The standard InChI is InChI=1S/C55H60Cl2N6O10/c1-34-40(32-72-52-20-50(70-30-38-16-36(22-58)24-60-26-38)42(18-46(52)56)28-62-48(54(64)65)12-14-68-4)8-6-10-44(34)45-11-7-9-41(35(45)2)33-73-53-21-51(71-31-39-17-37(23-59-3)25-61-27-39)43(19-47(53)57)29-63-49(55(66)67)13-15-69-5/h6-11,16-27,48-49,58,62-63H,12-15,28-33H2,1-5H3,(H,64,65)(H,66,67)/p+1. The summed E-state index contributed by atoms with van der Waals surface area (Å²) in [7, 11) is 4.86. The summed E-state index contributed by atoms with van der Waals surface area (Å²) in [4.78, 5) is 36.6. The SMILES string of the molecule is CN=Cc1cncc(COc2cc(OCc3cccc(-c4cccc(COc5cc(OCc6cncc(C=N)c6)c(CNC(CCOC)C(=O)O)cc5Cl)c4C)c3C)c(Cl)cc2CNC(CC[OH+]C)C(=O)O)c1. The van der Waals surface area contributed by atoms with Crippen LogP contribution in [0.15, 0.2) is 103 Å². The molecule has 16 nitrogen and oxygen atoms in total. The molecule has 2 unspecified atom stereocenters. The van der Waals surface area contributed by atoms with Gasteiger partial charge < -0.3 is 49.4 Å². The van der Waals surface area contributed by atoms with Crippen LogP contribution in [-0.2, 0) is 53.8 Å². The van der Waals surface area contributed by atoms with E-state index in [2.05, 4.69) is 42.5 Å². The van der Waals surface area contributed by atoms with Gasteiger partial charge in [0.2, 0.25) is 0 Å². The Balaban J connectivity index is 1.21. The molecule has 0 radical (unpaired) electrons. The number of aliphatic hydroxyl groups is 2. The fraction of sp³-hybridized carbons (Fsp3) is 0.309. The molecule has 0 fully saturated rings. The molecule has 0 amide bonds. The van der Waals surface area contributed by atoms with Gasteiger partial charge in [0.05, 0.1) is 10.0 Å². The molecule has 73 heavy (non-hydrogen) atoms. The second-order valence-corrected chi connectivity index (χ2v) is 17.9. The van der Waals surface area contributed by atoms with Crippen molar-refractivity contribution in [1.29, 1.82) is 5.41 Å². The Kier molecular flexibility index (Phi) is 21.1. The maximum absolute atomic E-state index is 12.0. The van der Waals surface area contributed by atoms with Crippen LogP contribution in [0.2, 0.25) is 10.0 Å². The van der Waals surface area contributed by atoms with E-state index in [-0.39, 0.29) is 52.5 Å². The Hall–Kier alpha value is -6.92. The predicted molar refractivity (Wildman–Crippen MR) is 282 cm³/mol. The minimum atomic E-state index is -1.00. The number of methoxy groups -OCH3 is 1. The molecular weight excluding hydrogens is 976 g/mol. The van der Waals surface area contributed by atoms with Crippen LogP contribution in [0.5, 0.6) is 23.0 Å². The van der Waals surface area contributed by atoms with Crippen molar-refractivity contribution in [2.75, 3.05) is 34.5 Å². The van der Waals surface area contributed by atoms with Crippen LogP contribution in [-0.4, -0.2) is 95.9 Å². The zero-order chi connectivity index (χ0) is 52.3. The molecular formula is C55H61Cl2N6O10+. The molecule has 0 aliphatic rings. The van der Waals surface area contributed by atoms with Crippen molar-refractivity contribution in [3.05, 3.63) is 163 Å². The zero-order valence-corrected chi connectivity index (χ0v) is 42.9. The molecule has 6 rings (SSSR count). The second-order valence-electron chi connectivity index (χ2n) is 17.1. The second kappa shape index (κ2) is 27.8. The fourth-order valence-electron chi connectivity index (χ4n) is 7.87. The lowest BCUT2D eigenvalue weighted by Gasteiger charge is -2.20. The molecule has 0 spiro atoms. The number of hydrogen-bond donors (Lipinski definition) is 5. The summed E-state index contributed by atoms with van der Waals surface area (Å²) in [6.45, 7) is 5.72. The highest BCUT2D eigenvalue weighted by atomic mass is 35.5. The van der Waals surface area contributed by atoms with Crippen molar-refractivity contribution in [3.8, 4) is 34.1 Å². The van der Waals surface area contributed by atoms with Gasteiger partial charge in [0, 0.05) is 123 Å². The highest BCUT2D eigenvalue weighted by molar-refractivity contribution is 6.32. The van der Waals surface area contributed by atoms with Gasteiger partial charge in [-0.15, -0.1) is 0 Å². The van der Waals surface area contributed by atoms with Crippen molar-refractivity contribution in [1.82, 2.24) is 20.6 Å². The summed E-state index contributed by atoms with van der Waals surface area (Å²) >= 11 is 13.7. The zero-order valence-electron chi connectivity index (χ0n) is 41.4. The molecule has 2 aromatic heterocycles. The average molecular weight is 1040 g/mol. The van der Waals surface area contributed by atoms with Gasteiger partial charge >= 0.3 is 11.9 Å². The molecule has 0 saturated carbocycles. The van der Waals surface area contributed by atoms with Crippen LogP contribution in [0.4, 0.5) is 0 Å². The summed E-state index contributed by atoms with van der Waals surface area (Å²) in [5.41, 5.74) is 10.1. The molecule has 0 bridgehead atoms. The smallest absolute Gasteiger partial charge is 0.321 e. The maximum atomic E-state index is 12.0. The van der Waals surface area contributed by atoms with Crippen molar-refractivity contribution in [2.24, 2.45) is 4.99 Å². The first-order valence-electron chi connectivity index (χ1n) is 23.4. The van der Waals surface area contributed by atoms with Crippen LogP contribution >= 0.6 is 23.2 Å². The number of carbonyl (C=O) groups is 2. The molecule has 18 heteroatoms. The van der Waals surface area contributed by atoms with Crippen LogP contribution in [0.3, 0.4) is 0 Å². The van der Waals surface area contributed by atoms with Crippen molar-refractivity contribution < 1.29 is 48.2 Å². The maximum Gasteiger partial charge on any atom is 0.321 e. The minimum Gasteiger partial charge on any atom is -0.488 e. The van der Waals surface area contributed by atoms with Crippen LogP contribution in [0, 0.1) is 19.3 Å². The lowest BCUT2D eigenvalue weighted by atomic mass is 9.92. The van der Waals surface area contributed by atoms with Gasteiger partial charge in [0.25, 0.3) is 0 Å². The van der Waals surface area contributed by atoms with E-state index < -0.39 is 24.0 Å². The Morgan fingerprint density at radius 3 is 1.63 bits per heavy atom. The van der Waals surface area contributed by atoms with Crippen molar-refractivity contribution >= 4 is 47.6 Å². The number of rotatable bonds is 29. The van der Waals surface area contributed by atoms with E-state index in [1.165, 1.54) is 13.3 Å².